The molecule has 2 rings (SSSR count). The van der Waals surface area contributed by atoms with Crippen LogP contribution in [-0.4, -0.2) is 50.5 Å². The van der Waals surface area contributed by atoms with Gasteiger partial charge in [0.05, 0.1) is 11.9 Å². The average Bonchev–Trinajstić information content (AvgIpc) is 2.76. The largest absolute Gasteiger partial charge is 0.355 e. The molecule has 0 aromatic heterocycles. The van der Waals surface area contributed by atoms with Crippen LogP contribution in [0.15, 0.2) is 54.6 Å². The van der Waals surface area contributed by atoms with Crippen LogP contribution in [0.3, 0.4) is 0 Å². The molecule has 33 heavy (non-hydrogen) atoms. The third-order valence-corrected chi connectivity index (χ3v) is 6.56. The maximum atomic E-state index is 13.3. The number of benzene rings is 2. The van der Waals surface area contributed by atoms with Gasteiger partial charge in [0.15, 0.2) is 0 Å². The van der Waals surface area contributed by atoms with Gasteiger partial charge in [-0.25, -0.2) is 8.42 Å². The first kappa shape index (κ1) is 26.4. The van der Waals surface area contributed by atoms with Crippen molar-refractivity contribution in [2.75, 3.05) is 23.7 Å². The molecule has 0 aliphatic heterocycles. The Kier molecular flexibility index (Phi) is 9.91. The predicted octanol–water partition coefficient (Wildman–Crippen LogP) is 3.48. The van der Waals surface area contributed by atoms with E-state index in [0.717, 1.165) is 17.4 Å². The van der Waals surface area contributed by atoms with E-state index in [9.17, 15) is 18.0 Å². The van der Waals surface area contributed by atoms with E-state index in [2.05, 4.69) is 5.32 Å². The topological polar surface area (TPSA) is 86.8 Å². The van der Waals surface area contributed by atoms with E-state index in [1.807, 2.05) is 51.1 Å². The standard InChI is InChI=1S/C25H35N3O4S/c1-5-23(25(30)26-6-2)27(19-21-13-10-12-20(3)18-21)24(29)16-11-17-28(33(4,31)32)22-14-8-7-9-15-22/h7-10,12-15,18,23H,5-6,11,16-17,19H2,1-4H3,(H,26,30). The van der Waals surface area contributed by atoms with Gasteiger partial charge >= 0.3 is 0 Å². The third kappa shape index (κ3) is 7.89. The summed E-state index contributed by atoms with van der Waals surface area (Å²) >= 11 is 0. The minimum Gasteiger partial charge on any atom is -0.355 e. The van der Waals surface area contributed by atoms with E-state index in [1.54, 1.807) is 29.2 Å². The highest BCUT2D eigenvalue weighted by molar-refractivity contribution is 7.92. The molecule has 7 nitrogen and oxygen atoms in total. The monoisotopic (exact) mass is 473 g/mol. The molecule has 1 atom stereocenters. The van der Waals surface area contributed by atoms with Gasteiger partial charge in [0.25, 0.3) is 0 Å². The first-order valence-electron chi connectivity index (χ1n) is 11.3. The van der Waals surface area contributed by atoms with Crippen LogP contribution < -0.4 is 9.62 Å². The number of hydrogen-bond acceptors (Lipinski definition) is 4. The molecule has 2 aromatic rings. The van der Waals surface area contributed by atoms with Gasteiger partial charge in [-0.15, -0.1) is 0 Å². The van der Waals surface area contributed by atoms with Crippen molar-refractivity contribution in [3.8, 4) is 0 Å². The number of sulfonamides is 1. The number of rotatable bonds is 12. The fraction of sp³-hybridized carbons (Fsp3) is 0.440. The van der Waals surface area contributed by atoms with Gasteiger partial charge in [-0.3, -0.25) is 13.9 Å². The fourth-order valence-electron chi connectivity index (χ4n) is 3.82. The number of likely N-dealkylation sites (N-methyl/N-ethyl adjacent to an activating group) is 1. The molecule has 1 unspecified atom stereocenters. The second kappa shape index (κ2) is 12.4. The van der Waals surface area contributed by atoms with E-state index in [4.69, 9.17) is 0 Å². The van der Waals surface area contributed by atoms with Gasteiger partial charge in [0.2, 0.25) is 21.8 Å². The highest BCUT2D eigenvalue weighted by Gasteiger charge is 2.28. The third-order valence-electron chi connectivity index (χ3n) is 5.37. The second-order valence-corrected chi connectivity index (χ2v) is 10.0. The van der Waals surface area contributed by atoms with Crippen molar-refractivity contribution < 1.29 is 18.0 Å². The molecule has 2 amide bonds. The van der Waals surface area contributed by atoms with Crippen LogP contribution >= 0.6 is 0 Å². The molecule has 0 saturated heterocycles. The molecular formula is C25H35N3O4S. The van der Waals surface area contributed by atoms with Crippen molar-refractivity contribution >= 4 is 27.5 Å². The van der Waals surface area contributed by atoms with Crippen LogP contribution in [0, 0.1) is 6.92 Å². The number of para-hydroxylation sites is 1. The molecule has 0 fully saturated rings. The van der Waals surface area contributed by atoms with Crippen molar-refractivity contribution in [3.63, 3.8) is 0 Å². The zero-order valence-corrected chi connectivity index (χ0v) is 20.8. The molecule has 0 heterocycles. The van der Waals surface area contributed by atoms with Gasteiger partial charge in [-0.2, -0.15) is 0 Å². The van der Waals surface area contributed by atoms with E-state index in [-0.39, 0.29) is 24.8 Å². The maximum Gasteiger partial charge on any atom is 0.242 e. The first-order chi connectivity index (χ1) is 15.7. The number of anilines is 1. The summed E-state index contributed by atoms with van der Waals surface area (Å²) in [6.45, 7) is 6.72. The van der Waals surface area contributed by atoms with Crippen LogP contribution in [-0.2, 0) is 26.2 Å². The normalized spacial score (nSPS) is 12.1. The van der Waals surface area contributed by atoms with Gasteiger partial charge in [-0.05, 0) is 44.4 Å². The van der Waals surface area contributed by atoms with Crippen LogP contribution in [0.5, 0.6) is 0 Å². The summed E-state index contributed by atoms with van der Waals surface area (Å²) in [6.07, 6.45) is 2.13. The molecule has 1 N–H and O–H groups in total. The Morgan fingerprint density at radius 2 is 1.73 bits per heavy atom. The lowest BCUT2D eigenvalue weighted by Crippen LogP contribution is -2.49. The van der Waals surface area contributed by atoms with Crippen molar-refractivity contribution in [2.24, 2.45) is 0 Å². The van der Waals surface area contributed by atoms with Crippen LogP contribution in [0.2, 0.25) is 0 Å². The van der Waals surface area contributed by atoms with Crippen molar-refractivity contribution in [3.05, 3.63) is 65.7 Å². The molecule has 180 valence electrons. The maximum absolute atomic E-state index is 13.3. The summed E-state index contributed by atoms with van der Waals surface area (Å²) in [4.78, 5) is 27.6. The Morgan fingerprint density at radius 1 is 1.03 bits per heavy atom. The number of carbonyl (C=O) groups is 2. The number of carbonyl (C=O) groups excluding carboxylic acids is 2. The molecule has 8 heteroatoms. The lowest BCUT2D eigenvalue weighted by atomic mass is 10.1. The fourth-order valence-corrected chi connectivity index (χ4v) is 4.78. The van der Waals surface area contributed by atoms with Crippen LogP contribution in [0.4, 0.5) is 5.69 Å². The van der Waals surface area contributed by atoms with E-state index in [1.165, 1.54) is 4.31 Å². The Morgan fingerprint density at radius 3 is 2.30 bits per heavy atom. The molecule has 0 radical (unpaired) electrons. The Labute approximate surface area is 197 Å². The Hall–Kier alpha value is -2.87. The minimum absolute atomic E-state index is 0.139. The molecule has 2 aromatic carbocycles. The van der Waals surface area contributed by atoms with Gasteiger partial charge < -0.3 is 10.2 Å². The van der Waals surface area contributed by atoms with E-state index < -0.39 is 16.1 Å². The van der Waals surface area contributed by atoms with Crippen molar-refractivity contribution in [1.29, 1.82) is 0 Å². The average molecular weight is 474 g/mol. The van der Waals surface area contributed by atoms with E-state index >= 15 is 0 Å². The summed E-state index contributed by atoms with van der Waals surface area (Å²) in [5.74, 6) is -0.348. The number of aryl methyl sites for hydroxylation is 1. The number of nitrogens with one attached hydrogen (secondary N) is 1. The summed E-state index contributed by atoms with van der Waals surface area (Å²) in [5, 5.41) is 2.82. The molecule has 0 aliphatic carbocycles. The number of nitrogens with zero attached hydrogens (tertiary/aromatic N) is 2. The zero-order valence-electron chi connectivity index (χ0n) is 20.0. The summed E-state index contributed by atoms with van der Waals surface area (Å²) in [6, 6.07) is 16.1. The lowest BCUT2D eigenvalue weighted by molar-refractivity contribution is -0.141. The minimum atomic E-state index is -3.49. The summed E-state index contributed by atoms with van der Waals surface area (Å²) in [5.41, 5.74) is 2.60. The second-order valence-electron chi connectivity index (χ2n) is 8.10. The van der Waals surface area contributed by atoms with Crippen molar-refractivity contribution in [1.82, 2.24) is 10.2 Å². The molecular weight excluding hydrogens is 438 g/mol. The van der Waals surface area contributed by atoms with Crippen LogP contribution in [0.25, 0.3) is 0 Å². The number of amides is 2. The van der Waals surface area contributed by atoms with Gasteiger partial charge in [0, 0.05) is 26.1 Å². The van der Waals surface area contributed by atoms with E-state index in [0.29, 0.717) is 31.6 Å². The molecule has 0 bridgehead atoms. The molecule has 0 spiro atoms. The highest BCUT2D eigenvalue weighted by atomic mass is 32.2. The quantitative estimate of drug-likeness (QED) is 0.511. The van der Waals surface area contributed by atoms with Gasteiger partial charge in [-0.1, -0.05) is 55.0 Å². The Balaban J connectivity index is 2.18. The first-order valence-corrected chi connectivity index (χ1v) is 13.2. The highest BCUT2D eigenvalue weighted by Crippen LogP contribution is 2.19. The van der Waals surface area contributed by atoms with Gasteiger partial charge in [0.1, 0.15) is 6.04 Å². The van der Waals surface area contributed by atoms with Crippen molar-refractivity contribution in [2.45, 2.75) is 52.6 Å². The number of hydrogen-bond donors (Lipinski definition) is 1. The Bertz CT molecular complexity index is 1020. The lowest BCUT2D eigenvalue weighted by Gasteiger charge is -2.31. The zero-order chi connectivity index (χ0) is 24.4. The summed E-state index contributed by atoms with van der Waals surface area (Å²) < 4.78 is 25.9. The predicted molar refractivity (Wildman–Crippen MR) is 132 cm³/mol. The van der Waals surface area contributed by atoms with Crippen LogP contribution in [0.1, 0.15) is 44.2 Å². The molecule has 0 saturated carbocycles. The SMILES string of the molecule is CCNC(=O)C(CC)N(Cc1cccc(C)c1)C(=O)CCCN(c1ccccc1)S(C)(=O)=O. The molecule has 0 aliphatic rings. The smallest absolute Gasteiger partial charge is 0.242 e. The summed E-state index contributed by atoms with van der Waals surface area (Å²) in [7, 11) is -3.49.